The van der Waals surface area contributed by atoms with E-state index < -0.39 is 5.91 Å². The van der Waals surface area contributed by atoms with Crippen molar-refractivity contribution in [1.82, 2.24) is 4.57 Å². The van der Waals surface area contributed by atoms with E-state index in [0.717, 1.165) is 16.2 Å². The molecule has 1 N–H and O–H groups in total. The van der Waals surface area contributed by atoms with Crippen molar-refractivity contribution in [2.75, 3.05) is 12.4 Å². The smallest absolute Gasteiger partial charge is 0.273 e. The lowest BCUT2D eigenvalue weighted by atomic mass is 10.2. The monoisotopic (exact) mass is 459 g/mol. The van der Waals surface area contributed by atoms with Crippen molar-refractivity contribution in [3.8, 4) is 17.5 Å². The number of para-hydroxylation sites is 1. The quantitative estimate of drug-likeness (QED) is 0.497. The fraction of sp³-hybridized carbons (Fsp3) is 0.0417. The van der Waals surface area contributed by atoms with Gasteiger partial charge in [-0.05, 0) is 41.8 Å². The van der Waals surface area contributed by atoms with Gasteiger partial charge >= 0.3 is 0 Å². The van der Waals surface area contributed by atoms with Gasteiger partial charge in [0.25, 0.3) is 11.5 Å². The lowest BCUT2D eigenvalue weighted by Crippen LogP contribution is -2.32. The molecular weight excluding hydrogens is 442 g/mol. The molecule has 4 rings (SSSR count). The third kappa shape index (κ3) is 4.39. The molecule has 0 bridgehead atoms. The second-order valence-corrected chi connectivity index (χ2v) is 8.59. The number of carbonyl (C=O) groups excluding carboxylic acids is 1. The van der Waals surface area contributed by atoms with Crippen molar-refractivity contribution in [3.05, 3.63) is 96.5 Å². The summed E-state index contributed by atoms with van der Waals surface area (Å²) in [6.07, 6.45) is 1.77. The van der Waals surface area contributed by atoms with Crippen LogP contribution in [0, 0.1) is 11.3 Å². The van der Waals surface area contributed by atoms with Crippen LogP contribution in [0.4, 0.5) is 5.69 Å². The van der Waals surface area contributed by atoms with E-state index in [4.69, 9.17) is 4.74 Å². The minimum Gasteiger partial charge on any atom is -0.497 e. The van der Waals surface area contributed by atoms with E-state index in [9.17, 15) is 14.9 Å². The predicted molar refractivity (Wildman–Crippen MR) is 128 cm³/mol. The van der Waals surface area contributed by atoms with Gasteiger partial charge in [-0.2, -0.15) is 5.26 Å². The second kappa shape index (κ2) is 9.47. The van der Waals surface area contributed by atoms with Gasteiger partial charge in [-0.3, -0.25) is 14.2 Å². The zero-order chi connectivity index (χ0) is 22.5. The summed E-state index contributed by atoms with van der Waals surface area (Å²) in [5.74, 6) is -0.0270. The number of ether oxygens (including phenoxy) is 1. The fourth-order valence-electron chi connectivity index (χ4n) is 3.05. The Kier molecular flexibility index (Phi) is 6.31. The molecule has 0 fully saturated rings. The molecule has 4 aromatic rings. The van der Waals surface area contributed by atoms with Gasteiger partial charge in [-0.15, -0.1) is 22.7 Å². The number of thiazole rings is 1. The van der Waals surface area contributed by atoms with Crippen LogP contribution in [-0.4, -0.2) is 17.6 Å². The molecule has 2 aromatic heterocycles. The maximum atomic E-state index is 13.3. The molecule has 2 heterocycles. The van der Waals surface area contributed by atoms with Gasteiger partial charge in [0.1, 0.15) is 16.5 Å². The number of hydrogen-bond donors (Lipinski definition) is 1. The average Bonchev–Trinajstić information content (AvgIpc) is 3.43. The Balaban J connectivity index is 1.92. The topological polar surface area (TPSA) is 84.1 Å². The number of hydrogen-bond acceptors (Lipinski definition) is 6. The van der Waals surface area contributed by atoms with Gasteiger partial charge in [0, 0.05) is 16.6 Å². The highest BCUT2D eigenvalue weighted by atomic mass is 32.1. The normalized spacial score (nSPS) is 12.2. The molecule has 0 radical (unpaired) electrons. The molecule has 1 amide bonds. The number of thiophene rings is 1. The second-order valence-electron chi connectivity index (χ2n) is 6.58. The van der Waals surface area contributed by atoms with Crippen LogP contribution < -0.4 is 24.8 Å². The van der Waals surface area contributed by atoms with Gasteiger partial charge in [-0.25, -0.2) is 0 Å². The van der Waals surface area contributed by atoms with Gasteiger partial charge < -0.3 is 10.1 Å². The van der Waals surface area contributed by atoms with Gasteiger partial charge in [0.2, 0.25) is 0 Å². The number of nitriles is 1. The molecule has 158 valence electrons. The fourth-order valence-corrected chi connectivity index (χ4v) is 4.88. The summed E-state index contributed by atoms with van der Waals surface area (Å²) < 4.78 is 7.30. The molecular formula is C24H17N3O3S2. The average molecular weight is 460 g/mol. The zero-order valence-electron chi connectivity index (χ0n) is 16.9. The summed E-state index contributed by atoms with van der Waals surface area (Å²) in [5.41, 5.74) is 0.630. The summed E-state index contributed by atoms with van der Waals surface area (Å²) in [6.45, 7) is 0. The van der Waals surface area contributed by atoms with Crippen LogP contribution in [0.3, 0.4) is 0 Å². The maximum Gasteiger partial charge on any atom is 0.273 e. The Morgan fingerprint density at radius 1 is 1.12 bits per heavy atom. The first-order chi connectivity index (χ1) is 15.6. The summed E-state index contributed by atoms with van der Waals surface area (Å²) in [6, 6.07) is 21.6. The first kappa shape index (κ1) is 21.3. The number of anilines is 1. The largest absolute Gasteiger partial charge is 0.497 e. The van der Waals surface area contributed by atoms with Crippen molar-refractivity contribution in [3.63, 3.8) is 0 Å². The Hall–Kier alpha value is -3.93. The standard InChI is InChI=1S/C24H17N3O3S2/c1-30-18-10-5-7-16(13-18)26-22(28)20(15-25)24-27(17-8-3-2-4-9-17)23(29)21(32-24)14-19-11-6-12-31-19/h2-14H,1H3,(H,26,28)/b21-14+,24-20-. The van der Waals surface area contributed by atoms with Crippen molar-refractivity contribution < 1.29 is 9.53 Å². The lowest BCUT2D eigenvalue weighted by molar-refractivity contribution is -0.111. The van der Waals surface area contributed by atoms with Crippen LogP contribution >= 0.6 is 22.7 Å². The third-order valence-electron chi connectivity index (χ3n) is 4.53. The van der Waals surface area contributed by atoms with Crippen LogP contribution in [0.5, 0.6) is 5.75 Å². The third-order valence-corrected chi connectivity index (χ3v) is 6.45. The Bertz CT molecular complexity index is 1480. The van der Waals surface area contributed by atoms with E-state index in [2.05, 4.69) is 5.32 Å². The van der Waals surface area contributed by atoms with E-state index in [1.165, 1.54) is 23.0 Å². The molecule has 0 aliphatic heterocycles. The molecule has 8 heteroatoms. The minimum absolute atomic E-state index is 0.149. The van der Waals surface area contributed by atoms with Crippen LogP contribution in [0.2, 0.25) is 0 Å². The predicted octanol–water partition coefficient (Wildman–Crippen LogP) is 3.11. The Labute approximate surface area is 191 Å². The SMILES string of the molecule is COc1cccc(NC(=O)/C(C#N)=c2\s/c(=C/c3cccs3)c(=O)n2-c2ccccc2)c1. The van der Waals surface area contributed by atoms with Crippen LogP contribution in [0.15, 0.2) is 76.9 Å². The van der Waals surface area contributed by atoms with Gasteiger partial charge in [0.05, 0.1) is 17.3 Å². The summed E-state index contributed by atoms with van der Waals surface area (Å²) in [4.78, 5) is 27.2. The molecule has 0 saturated carbocycles. The molecule has 0 unspecified atom stereocenters. The number of nitrogens with zero attached hydrogens (tertiary/aromatic N) is 2. The van der Waals surface area contributed by atoms with Crippen LogP contribution in [0.1, 0.15) is 4.88 Å². The van der Waals surface area contributed by atoms with E-state index >= 15 is 0 Å². The molecule has 6 nitrogen and oxygen atoms in total. The highest BCUT2D eigenvalue weighted by Crippen LogP contribution is 2.17. The maximum absolute atomic E-state index is 13.3. The first-order valence-electron chi connectivity index (χ1n) is 9.53. The van der Waals surface area contributed by atoms with Crippen molar-refractivity contribution in [2.45, 2.75) is 0 Å². The number of nitrogens with one attached hydrogen (secondary N) is 1. The van der Waals surface area contributed by atoms with E-state index in [-0.39, 0.29) is 15.8 Å². The molecule has 32 heavy (non-hydrogen) atoms. The molecule has 0 aliphatic carbocycles. The Morgan fingerprint density at radius 2 is 1.94 bits per heavy atom. The number of amides is 1. The molecule has 0 spiro atoms. The summed E-state index contributed by atoms with van der Waals surface area (Å²) in [5, 5.41) is 14.5. The number of carbonyl (C=O) groups is 1. The van der Waals surface area contributed by atoms with Crippen molar-refractivity contribution in [1.29, 1.82) is 5.26 Å². The van der Waals surface area contributed by atoms with Gasteiger partial charge in [-0.1, -0.05) is 30.3 Å². The summed E-state index contributed by atoms with van der Waals surface area (Å²) in [7, 11) is 1.53. The van der Waals surface area contributed by atoms with E-state index in [1.54, 1.807) is 54.6 Å². The number of aromatic nitrogens is 1. The number of benzene rings is 2. The lowest BCUT2D eigenvalue weighted by Gasteiger charge is -2.07. The minimum atomic E-state index is -0.602. The van der Waals surface area contributed by atoms with Crippen molar-refractivity contribution >= 4 is 45.9 Å². The number of rotatable bonds is 5. The Morgan fingerprint density at radius 3 is 2.62 bits per heavy atom. The highest BCUT2D eigenvalue weighted by Gasteiger charge is 2.17. The van der Waals surface area contributed by atoms with Gasteiger partial charge in [0.15, 0.2) is 5.57 Å². The zero-order valence-corrected chi connectivity index (χ0v) is 18.6. The summed E-state index contributed by atoms with van der Waals surface area (Å²) >= 11 is 2.62. The highest BCUT2D eigenvalue weighted by molar-refractivity contribution is 7.11. The van der Waals surface area contributed by atoms with E-state index in [1.807, 2.05) is 29.6 Å². The van der Waals surface area contributed by atoms with Crippen LogP contribution in [-0.2, 0) is 4.79 Å². The molecule has 0 aliphatic rings. The van der Waals surface area contributed by atoms with Crippen molar-refractivity contribution in [2.24, 2.45) is 0 Å². The van der Waals surface area contributed by atoms with Crippen LogP contribution in [0.25, 0.3) is 17.3 Å². The molecule has 2 aromatic carbocycles. The molecule has 0 saturated heterocycles. The number of methoxy groups -OCH3 is 1. The molecule has 0 atom stereocenters. The first-order valence-corrected chi connectivity index (χ1v) is 11.2. The van der Waals surface area contributed by atoms with E-state index in [0.29, 0.717) is 21.7 Å².